The van der Waals surface area contributed by atoms with Crippen molar-refractivity contribution in [2.75, 3.05) is 0 Å². The van der Waals surface area contributed by atoms with Crippen LogP contribution < -0.4 is 5.32 Å². The van der Waals surface area contributed by atoms with Crippen LogP contribution in [0.5, 0.6) is 0 Å². The molecule has 0 aliphatic carbocycles. The smallest absolute Gasteiger partial charge is 0.207 e. The molecule has 0 aromatic rings. The lowest BCUT2D eigenvalue weighted by atomic mass is 10.0. The largest absolute Gasteiger partial charge is 0.356 e. The van der Waals surface area contributed by atoms with Gasteiger partial charge in [0, 0.05) is 6.04 Å². The molecule has 0 radical (unpaired) electrons. The molecule has 0 aliphatic heterocycles. The van der Waals surface area contributed by atoms with E-state index in [1.165, 1.54) is 0 Å². The van der Waals surface area contributed by atoms with Crippen molar-refractivity contribution in [1.29, 1.82) is 0 Å². The summed E-state index contributed by atoms with van der Waals surface area (Å²) in [6, 6.07) is 0.350. The lowest BCUT2D eigenvalue weighted by Gasteiger charge is -2.16. The predicted molar refractivity (Wildman–Crippen MR) is 38.1 cm³/mol. The van der Waals surface area contributed by atoms with Crippen molar-refractivity contribution >= 4 is 6.41 Å². The molecule has 1 N–H and O–H groups in total. The molecule has 0 spiro atoms. The standard InChI is InChI=1S/C7H15NO/c1-4-7(6(2)3)8-5-9/h5-7H,4H2,1-3H3,(H,8,9). The zero-order valence-corrected chi connectivity index (χ0v) is 6.35. The first kappa shape index (κ1) is 8.47. The van der Waals surface area contributed by atoms with E-state index in [0.29, 0.717) is 12.0 Å². The summed E-state index contributed by atoms with van der Waals surface area (Å²) in [5, 5.41) is 2.75. The van der Waals surface area contributed by atoms with Gasteiger partial charge in [0.05, 0.1) is 0 Å². The third-order valence-electron chi connectivity index (χ3n) is 1.53. The molecule has 0 bridgehead atoms. The molecule has 2 nitrogen and oxygen atoms in total. The van der Waals surface area contributed by atoms with Crippen LogP contribution in [0.25, 0.3) is 0 Å². The van der Waals surface area contributed by atoms with E-state index < -0.39 is 0 Å². The first-order valence-corrected chi connectivity index (χ1v) is 3.42. The van der Waals surface area contributed by atoms with Gasteiger partial charge in [-0.05, 0) is 12.3 Å². The third-order valence-corrected chi connectivity index (χ3v) is 1.53. The first-order chi connectivity index (χ1) is 4.22. The van der Waals surface area contributed by atoms with Gasteiger partial charge in [-0.1, -0.05) is 20.8 Å². The molecule has 0 saturated heterocycles. The van der Waals surface area contributed by atoms with Crippen molar-refractivity contribution in [3.8, 4) is 0 Å². The van der Waals surface area contributed by atoms with Crippen LogP contribution in [0.1, 0.15) is 27.2 Å². The summed E-state index contributed by atoms with van der Waals surface area (Å²) in [7, 11) is 0. The Balaban J connectivity index is 3.53. The van der Waals surface area contributed by atoms with Crippen molar-refractivity contribution in [1.82, 2.24) is 5.32 Å². The van der Waals surface area contributed by atoms with Crippen molar-refractivity contribution in [2.24, 2.45) is 5.92 Å². The highest BCUT2D eigenvalue weighted by molar-refractivity contribution is 5.46. The Morgan fingerprint density at radius 2 is 2.11 bits per heavy atom. The normalized spacial score (nSPS) is 13.3. The number of carbonyl (C=O) groups excluding carboxylic acids is 1. The van der Waals surface area contributed by atoms with Gasteiger partial charge in [0.1, 0.15) is 0 Å². The molecule has 9 heavy (non-hydrogen) atoms. The van der Waals surface area contributed by atoms with Gasteiger partial charge in [-0.15, -0.1) is 0 Å². The van der Waals surface area contributed by atoms with Crippen LogP contribution in [0.15, 0.2) is 0 Å². The van der Waals surface area contributed by atoms with Crippen molar-refractivity contribution in [3.05, 3.63) is 0 Å². The molecule has 2 heteroatoms. The van der Waals surface area contributed by atoms with Gasteiger partial charge in [0.25, 0.3) is 0 Å². The molecule has 1 unspecified atom stereocenters. The van der Waals surface area contributed by atoms with E-state index in [0.717, 1.165) is 12.8 Å². The molecule has 0 aromatic carbocycles. The number of amides is 1. The van der Waals surface area contributed by atoms with Crippen molar-refractivity contribution in [3.63, 3.8) is 0 Å². The van der Waals surface area contributed by atoms with Gasteiger partial charge in [-0.25, -0.2) is 0 Å². The molecule has 54 valence electrons. The maximum atomic E-state index is 9.97. The molecular weight excluding hydrogens is 114 g/mol. The minimum absolute atomic E-state index is 0.350. The van der Waals surface area contributed by atoms with Crippen LogP contribution in [0.4, 0.5) is 0 Å². The molecule has 0 saturated carbocycles. The van der Waals surface area contributed by atoms with E-state index >= 15 is 0 Å². The Bertz CT molecular complexity index is 81.0. The van der Waals surface area contributed by atoms with E-state index in [2.05, 4.69) is 26.1 Å². The van der Waals surface area contributed by atoms with Gasteiger partial charge in [0.15, 0.2) is 0 Å². The van der Waals surface area contributed by atoms with Crippen molar-refractivity contribution in [2.45, 2.75) is 33.2 Å². The highest BCUT2D eigenvalue weighted by atomic mass is 16.1. The van der Waals surface area contributed by atoms with Crippen LogP contribution in [0, 0.1) is 5.92 Å². The monoisotopic (exact) mass is 129 g/mol. The molecule has 0 rings (SSSR count). The second-order valence-electron chi connectivity index (χ2n) is 2.54. The second kappa shape index (κ2) is 4.36. The fourth-order valence-corrected chi connectivity index (χ4v) is 0.869. The fourth-order valence-electron chi connectivity index (χ4n) is 0.869. The summed E-state index contributed by atoms with van der Waals surface area (Å²) in [5.41, 5.74) is 0. The number of rotatable bonds is 4. The average molecular weight is 129 g/mol. The Kier molecular flexibility index (Phi) is 4.10. The Hall–Kier alpha value is -0.530. The summed E-state index contributed by atoms with van der Waals surface area (Å²) in [4.78, 5) is 9.97. The van der Waals surface area contributed by atoms with Gasteiger partial charge in [0.2, 0.25) is 6.41 Å². The van der Waals surface area contributed by atoms with Crippen LogP contribution in [-0.2, 0) is 4.79 Å². The van der Waals surface area contributed by atoms with Crippen LogP contribution in [0.2, 0.25) is 0 Å². The van der Waals surface area contributed by atoms with Crippen LogP contribution >= 0.6 is 0 Å². The van der Waals surface area contributed by atoms with Gasteiger partial charge < -0.3 is 5.32 Å². The maximum Gasteiger partial charge on any atom is 0.207 e. The maximum absolute atomic E-state index is 9.97. The predicted octanol–water partition coefficient (Wildman–Crippen LogP) is 1.17. The Morgan fingerprint density at radius 3 is 2.22 bits per heavy atom. The quantitative estimate of drug-likeness (QED) is 0.567. The summed E-state index contributed by atoms with van der Waals surface area (Å²) in [6.45, 7) is 6.27. The minimum Gasteiger partial charge on any atom is -0.356 e. The summed E-state index contributed by atoms with van der Waals surface area (Å²) < 4.78 is 0. The minimum atomic E-state index is 0.350. The molecule has 0 aliphatic rings. The van der Waals surface area contributed by atoms with Crippen LogP contribution in [-0.4, -0.2) is 12.5 Å². The van der Waals surface area contributed by atoms with E-state index in [9.17, 15) is 4.79 Å². The lowest BCUT2D eigenvalue weighted by molar-refractivity contribution is -0.110. The molecular formula is C7H15NO. The van der Waals surface area contributed by atoms with E-state index in [4.69, 9.17) is 0 Å². The molecule has 1 atom stereocenters. The van der Waals surface area contributed by atoms with E-state index in [1.54, 1.807) is 0 Å². The third kappa shape index (κ3) is 3.12. The zero-order chi connectivity index (χ0) is 7.28. The topological polar surface area (TPSA) is 29.1 Å². The molecule has 0 aromatic heterocycles. The zero-order valence-electron chi connectivity index (χ0n) is 6.35. The molecule has 0 heterocycles. The average Bonchev–Trinajstić information content (AvgIpc) is 1.82. The molecule has 0 fully saturated rings. The van der Waals surface area contributed by atoms with Crippen molar-refractivity contribution < 1.29 is 4.79 Å². The highest BCUT2D eigenvalue weighted by Gasteiger charge is 2.07. The van der Waals surface area contributed by atoms with Gasteiger partial charge in [-0.3, -0.25) is 4.79 Å². The van der Waals surface area contributed by atoms with Gasteiger partial charge in [-0.2, -0.15) is 0 Å². The Morgan fingerprint density at radius 1 is 1.56 bits per heavy atom. The van der Waals surface area contributed by atoms with E-state index in [1.807, 2.05) is 0 Å². The fraction of sp³-hybridized carbons (Fsp3) is 0.857. The molecule has 1 amide bonds. The number of carbonyl (C=O) groups is 1. The number of hydrogen-bond acceptors (Lipinski definition) is 1. The summed E-state index contributed by atoms with van der Waals surface area (Å²) in [5.74, 6) is 0.542. The summed E-state index contributed by atoms with van der Waals surface area (Å²) in [6.07, 6.45) is 1.78. The first-order valence-electron chi connectivity index (χ1n) is 3.42. The summed E-state index contributed by atoms with van der Waals surface area (Å²) >= 11 is 0. The van der Waals surface area contributed by atoms with E-state index in [-0.39, 0.29) is 0 Å². The number of nitrogens with one attached hydrogen (secondary N) is 1. The van der Waals surface area contributed by atoms with Gasteiger partial charge >= 0.3 is 0 Å². The second-order valence-corrected chi connectivity index (χ2v) is 2.54. The SMILES string of the molecule is CCC(NC=O)C(C)C. The number of hydrogen-bond donors (Lipinski definition) is 1. The lowest BCUT2D eigenvalue weighted by Crippen LogP contribution is -2.31. The van der Waals surface area contributed by atoms with Crippen LogP contribution in [0.3, 0.4) is 0 Å². The Labute approximate surface area is 56.6 Å². The highest BCUT2D eigenvalue weighted by Crippen LogP contribution is 2.03.